The Balaban J connectivity index is 2.77. The third kappa shape index (κ3) is 8.47. The van der Waals surface area contributed by atoms with Crippen molar-refractivity contribution >= 4 is 23.4 Å². The number of nitrogens with two attached hydrogens (primary N) is 1. The molecule has 30 heavy (non-hydrogen) atoms. The number of thioether (sulfide) groups is 1. The number of alkyl halides is 6. The Labute approximate surface area is 175 Å². The summed E-state index contributed by atoms with van der Waals surface area (Å²) in [6, 6.07) is 0.857. The molecule has 0 saturated carbocycles. The van der Waals surface area contributed by atoms with Gasteiger partial charge in [-0.2, -0.15) is 26.3 Å². The topological polar surface area (TPSA) is 67.2 Å². The van der Waals surface area contributed by atoms with Crippen molar-refractivity contribution in [2.24, 2.45) is 11.7 Å². The van der Waals surface area contributed by atoms with Gasteiger partial charge in [0.25, 0.3) is 0 Å². The summed E-state index contributed by atoms with van der Waals surface area (Å²) in [6.45, 7) is 4.23. The predicted octanol–water partition coefficient (Wildman–Crippen LogP) is 4.46. The lowest BCUT2D eigenvalue weighted by Gasteiger charge is -2.17. The number of amides is 1. The van der Waals surface area contributed by atoms with Crippen LogP contribution in [0.3, 0.4) is 0 Å². The van der Waals surface area contributed by atoms with E-state index < -0.39 is 23.5 Å². The van der Waals surface area contributed by atoms with Gasteiger partial charge in [0.2, 0.25) is 5.91 Å². The van der Waals surface area contributed by atoms with Gasteiger partial charge in [-0.05, 0) is 48.6 Å². The zero-order chi connectivity index (χ0) is 23.1. The van der Waals surface area contributed by atoms with Gasteiger partial charge in [-0.1, -0.05) is 13.8 Å². The molecule has 0 spiro atoms. The fraction of sp³-hybridized carbons (Fsp3) is 0.526. The van der Waals surface area contributed by atoms with E-state index in [-0.39, 0.29) is 35.8 Å². The van der Waals surface area contributed by atoms with E-state index in [2.05, 4.69) is 10.6 Å². The van der Waals surface area contributed by atoms with Crippen molar-refractivity contribution in [1.82, 2.24) is 10.6 Å². The fourth-order valence-corrected chi connectivity index (χ4v) is 3.18. The highest BCUT2D eigenvalue weighted by Crippen LogP contribution is 2.37. The van der Waals surface area contributed by atoms with Crippen LogP contribution in [-0.4, -0.2) is 31.3 Å². The van der Waals surface area contributed by atoms with Crippen LogP contribution in [0.25, 0.3) is 5.70 Å². The van der Waals surface area contributed by atoms with Crippen molar-refractivity contribution in [3.05, 3.63) is 40.3 Å². The molecule has 0 aliphatic rings. The highest BCUT2D eigenvalue weighted by molar-refractivity contribution is 8.02. The first-order valence-electron chi connectivity index (χ1n) is 9.07. The minimum atomic E-state index is -4.94. The number of carbonyl (C=O) groups excluding carboxylic acids is 1. The van der Waals surface area contributed by atoms with Gasteiger partial charge >= 0.3 is 12.4 Å². The maximum atomic E-state index is 12.9. The minimum Gasteiger partial charge on any atom is -0.398 e. The maximum absolute atomic E-state index is 12.9. The largest absolute Gasteiger partial charge is 0.416 e. The van der Waals surface area contributed by atoms with E-state index in [1.807, 2.05) is 13.8 Å². The Bertz CT molecular complexity index is 715. The molecule has 0 saturated heterocycles. The van der Waals surface area contributed by atoms with Crippen LogP contribution >= 0.6 is 11.8 Å². The van der Waals surface area contributed by atoms with Gasteiger partial charge in [0, 0.05) is 18.0 Å². The van der Waals surface area contributed by atoms with Gasteiger partial charge in [-0.25, -0.2) is 0 Å². The summed E-state index contributed by atoms with van der Waals surface area (Å²) < 4.78 is 77.5. The number of nitrogens with one attached hydrogen (secondary N) is 2. The number of hydrogen-bond donors (Lipinski definition) is 3. The van der Waals surface area contributed by atoms with Crippen molar-refractivity contribution in [3.8, 4) is 0 Å². The van der Waals surface area contributed by atoms with Crippen molar-refractivity contribution < 1.29 is 31.1 Å². The third-order valence-electron chi connectivity index (χ3n) is 4.02. The van der Waals surface area contributed by atoms with Gasteiger partial charge in [0.15, 0.2) is 0 Å². The number of hydrogen-bond acceptors (Lipinski definition) is 4. The van der Waals surface area contributed by atoms with Gasteiger partial charge in [-0.15, -0.1) is 11.8 Å². The predicted molar refractivity (Wildman–Crippen MR) is 106 cm³/mol. The first-order chi connectivity index (χ1) is 13.8. The first kappa shape index (κ1) is 26.2. The van der Waals surface area contributed by atoms with E-state index >= 15 is 0 Å². The molecule has 0 fully saturated rings. The zero-order valence-electron chi connectivity index (χ0n) is 16.7. The van der Waals surface area contributed by atoms with Crippen LogP contribution in [0, 0.1) is 5.92 Å². The second-order valence-electron chi connectivity index (χ2n) is 7.00. The summed E-state index contributed by atoms with van der Waals surface area (Å²) >= 11 is 1.07. The van der Waals surface area contributed by atoms with Crippen molar-refractivity contribution in [3.63, 3.8) is 0 Å². The van der Waals surface area contributed by atoms with Gasteiger partial charge in [0.05, 0.1) is 17.2 Å². The molecule has 0 radical (unpaired) electrons. The zero-order valence-corrected chi connectivity index (χ0v) is 17.6. The van der Waals surface area contributed by atoms with Crippen LogP contribution in [0.15, 0.2) is 23.6 Å². The molecule has 1 atom stereocenters. The van der Waals surface area contributed by atoms with Gasteiger partial charge in [-0.3, -0.25) is 4.79 Å². The van der Waals surface area contributed by atoms with E-state index in [9.17, 15) is 31.1 Å². The number of halogens is 6. The summed E-state index contributed by atoms with van der Waals surface area (Å²) in [5, 5.41) is 6.90. The second kappa shape index (κ2) is 10.9. The molecule has 0 aliphatic heterocycles. The van der Waals surface area contributed by atoms with E-state index in [0.717, 1.165) is 11.8 Å². The molecule has 0 aliphatic carbocycles. The van der Waals surface area contributed by atoms with Crippen molar-refractivity contribution in [2.75, 3.05) is 19.3 Å². The van der Waals surface area contributed by atoms with E-state index in [1.54, 1.807) is 7.05 Å². The monoisotopic (exact) mass is 457 g/mol. The fourth-order valence-electron chi connectivity index (χ4n) is 2.52. The molecule has 0 bridgehead atoms. The lowest BCUT2D eigenvalue weighted by molar-refractivity contribution is -0.143. The van der Waals surface area contributed by atoms with Crippen LogP contribution in [0.5, 0.6) is 0 Å². The minimum absolute atomic E-state index is 0.0504. The normalized spacial score (nSPS) is 14.1. The van der Waals surface area contributed by atoms with Gasteiger partial charge < -0.3 is 16.4 Å². The highest BCUT2D eigenvalue weighted by atomic mass is 32.2. The summed E-state index contributed by atoms with van der Waals surface area (Å²) in [4.78, 5) is 12.1. The molecule has 4 nitrogen and oxygen atoms in total. The van der Waals surface area contributed by atoms with Gasteiger partial charge in [0.1, 0.15) is 0 Å². The quantitative estimate of drug-likeness (QED) is 0.378. The van der Waals surface area contributed by atoms with Crippen molar-refractivity contribution in [1.29, 1.82) is 0 Å². The summed E-state index contributed by atoms with van der Waals surface area (Å²) in [6.07, 6.45) is -9.22. The summed E-state index contributed by atoms with van der Waals surface area (Å²) in [7, 11) is 1.68. The standard InChI is InChI=1S/C19H25F6N3OS/c1-11(2)6-16(27-3)17(29)28-4-5-30-10-15(26)12-7-13(18(20,21)22)9-14(8-12)19(23,24)25/h7-11,16,27H,4-6,26H2,1-3H3,(H,28,29)/b15-10-/t16-/m0/s1. The summed E-state index contributed by atoms with van der Waals surface area (Å²) in [5.41, 5.74) is 2.24. The molecule has 1 aromatic carbocycles. The SMILES string of the molecule is CN[C@@H](CC(C)C)C(=O)NCCS/C=C(\N)c1cc(C(F)(F)F)cc(C(F)(F)F)c1. The Kier molecular flexibility index (Phi) is 9.54. The van der Waals surface area contributed by atoms with Crippen LogP contribution in [0.1, 0.15) is 37.0 Å². The van der Waals surface area contributed by atoms with Crippen molar-refractivity contribution in [2.45, 2.75) is 38.7 Å². The average Bonchev–Trinajstić information content (AvgIpc) is 2.63. The van der Waals surface area contributed by atoms with Crippen LogP contribution in [-0.2, 0) is 17.1 Å². The summed E-state index contributed by atoms with van der Waals surface area (Å²) in [5.74, 6) is 0.478. The third-order valence-corrected chi connectivity index (χ3v) is 4.88. The Morgan fingerprint density at radius 2 is 1.63 bits per heavy atom. The molecule has 4 N–H and O–H groups in total. The molecule has 1 rings (SSSR count). The smallest absolute Gasteiger partial charge is 0.398 e. The van der Waals surface area contributed by atoms with Crippen LogP contribution in [0.2, 0.25) is 0 Å². The Morgan fingerprint density at radius 3 is 2.07 bits per heavy atom. The molecule has 11 heteroatoms. The molecular formula is C19H25F6N3OS. The van der Waals surface area contributed by atoms with Crippen LogP contribution < -0.4 is 16.4 Å². The highest BCUT2D eigenvalue weighted by Gasteiger charge is 2.37. The van der Waals surface area contributed by atoms with E-state index in [0.29, 0.717) is 30.2 Å². The molecule has 0 unspecified atom stereocenters. The molecule has 0 aromatic heterocycles. The number of likely N-dealkylation sites (N-methyl/N-ethyl adjacent to an activating group) is 1. The lowest BCUT2D eigenvalue weighted by Crippen LogP contribution is -2.44. The average molecular weight is 457 g/mol. The van der Waals surface area contributed by atoms with E-state index in [4.69, 9.17) is 5.73 Å². The van der Waals surface area contributed by atoms with E-state index in [1.165, 1.54) is 5.41 Å². The first-order valence-corrected chi connectivity index (χ1v) is 10.1. The lowest BCUT2D eigenvalue weighted by atomic mass is 10.0. The maximum Gasteiger partial charge on any atom is 0.416 e. The number of carbonyl (C=O) groups is 1. The molecule has 1 aromatic rings. The molecule has 1 amide bonds. The Morgan fingerprint density at radius 1 is 1.10 bits per heavy atom. The molecule has 0 heterocycles. The number of rotatable bonds is 9. The molecular weight excluding hydrogens is 432 g/mol. The second-order valence-corrected chi connectivity index (χ2v) is 7.98. The Hall–Kier alpha value is -1.88. The molecule has 170 valence electrons. The van der Waals surface area contributed by atoms with Crippen LogP contribution in [0.4, 0.5) is 26.3 Å². The number of benzene rings is 1.